The van der Waals surface area contributed by atoms with Crippen LogP contribution in [0.2, 0.25) is 0 Å². The van der Waals surface area contributed by atoms with E-state index >= 15 is 0 Å². The SMILES string of the molecule is CC(N)c1cccc(F)c1N1CC(O)CC1CN(C)C. The highest BCUT2D eigenvalue weighted by Gasteiger charge is 2.34. The molecular formula is C15H24FN3O. The molecule has 20 heavy (non-hydrogen) atoms. The van der Waals surface area contributed by atoms with Gasteiger partial charge < -0.3 is 20.6 Å². The lowest BCUT2D eigenvalue weighted by atomic mass is 10.0. The Kier molecular flexibility index (Phi) is 4.62. The van der Waals surface area contributed by atoms with Gasteiger partial charge in [0.25, 0.3) is 0 Å². The van der Waals surface area contributed by atoms with Gasteiger partial charge in [-0.2, -0.15) is 0 Å². The Hall–Kier alpha value is -1.17. The van der Waals surface area contributed by atoms with Crippen LogP contribution >= 0.6 is 0 Å². The lowest BCUT2D eigenvalue weighted by Crippen LogP contribution is -2.39. The highest BCUT2D eigenvalue weighted by atomic mass is 19.1. The first-order chi connectivity index (χ1) is 9.40. The summed E-state index contributed by atoms with van der Waals surface area (Å²) in [6, 6.07) is 4.87. The number of halogens is 1. The second-order valence-electron chi connectivity index (χ2n) is 5.92. The number of rotatable bonds is 4. The molecule has 1 aliphatic heterocycles. The second kappa shape index (κ2) is 6.08. The fourth-order valence-electron chi connectivity index (χ4n) is 2.96. The van der Waals surface area contributed by atoms with Crippen molar-refractivity contribution in [1.29, 1.82) is 0 Å². The lowest BCUT2D eigenvalue weighted by Gasteiger charge is -2.31. The lowest BCUT2D eigenvalue weighted by molar-refractivity contribution is 0.191. The molecule has 1 saturated heterocycles. The molecule has 112 valence electrons. The van der Waals surface area contributed by atoms with Gasteiger partial charge in [-0.3, -0.25) is 0 Å². The maximum absolute atomic E-state index is 14.3. The number of aliphatic hydroxyl groups is 1. The Balaban J connectivity index is 2.38. The van der Waals surface area contributed by atoms with Crippen molar-refractivity contribution >= 4 is 5.69 Å². The molecule has 3 N–H and O–H groups in total. The van der Waals surface area contributed by atoms with Gasteiger partial charge >= 0.3 is 0 Å². The summed E-state index contributed by atoms with van der Waals surface area (Å²) in [6.07, 6.45) is 0.241. The Morgan fingerprint density at radius 2 is 2.20 bits per heavy atom. The van der Waals surface area contributed by atoms with E-state index in [2.05, 4.69) is 4.90 Å². The molecule has 4 nitrogen and oxygen atoms in total. The molecule has 3 atom stereocenters. The third-order valence-corrected chi connectivity index (χ3v) is 3.76. The topological polar surface area (TPSA) is 52.7 Å². The van der Waals surface area contributed by atoms with Crippen LogP contribution in [0, 0.1) is 5.82 Å². The first-order valence-electron chi connectivity index (χ1n) is 7.03. The van der Waals surface area contributed by atoms with Crippen molar-refractivity contribution in [2.24, 2.45) is 5.73 Å². The number of nitrogens with two attached hydrogens (primary N) is 1. The van der Waals surface area contributed by atoms with Crippen LogP contribution in [0.15, 0.2) is 18.2 Å². The zero-order chi connectivity index (χ0) is 14.9. The molecule has 0 aromatic heterocycles. The smallest absolute Gasteiger partial charge is 0.146 e. The number of β-amino-alcohol motifs (C(OH)–C–C–N with tert-alkyl or cyclic N) is 1. The van der Waals surface area contributed by atoms with Gasteiger partial charge in [0, 0.05) is 25.2 Å². The molecule has 1 aromatic carbocycles. The van der Waals surface area contributed by atoms with E-state index in [0.29, 0.717) is 18.7 Å². The maximum atomic E-state index is 14.3. The van der Waals surface area contributed by atoms with E-state index in [9.17, 15) is 9.50 Å². The van der Waals surface area contributed by atoms with E-state index in [1.54, 1.807) is 6.07 Å². The summed E-state index contributed by atoms with van der Waals surface area (Å²) in [5.74, 6) is -0.266. The predicted octanol–water partition coefficient (Wildman–Crippen LogP) is 1.35. The van der Waals surface area contributed by atoms with Crippen molar-refractivity contribution in [3.05, 3.63) is 29.6 Å². The molecule has 2 rings (SSSR count). The number of anilines is 1. The van der Waals surface area contributed by atoms with Crippen LogP contribution in [0.4, 0.5) is 10.1 Å². The number of benzene rings is 1. The molecule has 1 heterocycles. The zero-order valence-electron chi connectivity index (χ0n) is 12.4. The molecule has 3 unspecified atom stereocenters. The van der Waals surface area contributed by atoms with Crippen molar-refractivity contribution in [2.45, 2.75) is 31.5 Å². The molecule has 0 radical (unpaired) electrons. The van der Waals surface area contributed by atoms with E-state index in [1.807, 2.05) is 32.0 Å². The van der Waals surface area contributed by atoms with E-state index < -0.39 is 6.10 Å². The fraction of sp³-hybridized carbons (Fsp3) is 0.600. The maximum Gasteiger partial charge on any atom is 0.146 e. The summed E-state index contributed by atoms with van der Waals surface area (Å²) in [6.45, 7) is 3.09. The van der Waals surface area contributed by atoms with Gasteiger partial charge in [-0.05, 0) is 39.1 Å². The van der Waals surface area contributed by atoms with Gasteiger partial charge in [-0.1, -0.05) is 12.1 Å². The summed E-state index contributed by atoms with van der Waals surface area (Å²) >= 11 is 0. The zero-order valence-corrected chi connectivity index (χ0v) is 12.4. The van der Waals surface area contributed by atoms with Crippen LogP contribution in [0.1, 0.15) is 24.9 Å². The van der Waals surface area contributed by atoms with Gasteiger partial charge in [0.2, 0.25) is 0 Å². The number of nitrogens with zero attached hydrogens (tertiary/aromatic N) is 2. The molecule has 1 fully saturated rings. The first-order valence-corrected chi connectivity index (χ1v) is 7.03. The molecule has 0 saturated carbocycles. The number of likely N-dealkylation sites (N-methyl/N-ethyl adjacent to an activating group) is 1. The molecule has 1 aromatic rings. The van der Waals surface area contributed by atoms with E-state index in [-0.39, 0.29) is 17.9 Å². The monoisotopic (exact) mass is 281 g/mol. The molecule has 0 aliphatic carbocycles. The minimum absolute atomic E-state index is 0.106. The Morgan fingerprint density at radius 1 is 1.50 bits per heavy atom. The van der Waals surface area contributed by atoms with Gasteiger partial charge in [0.05, 0.1) is 11.8 Å². The van der Waals surface area contributed by atoms with Gasteiger partial charge in [0.1, 0.15) is 5.82 Å². The first kappa shape index (κ1) is 15.2. The Labute approximate surface area is 120 Å². The minimum atomic E-state index is -0.416. The van der Waals surface area contributed by atoms with E-state index in [4.69, 9.17) is 5.73 Å². The summed E-state index contributed by atoms with van der Waals surface area (Å²) in [7, 11) is 3.97. The highest BCUT2D eigenvalue weighted by molar-refractivity contribution is 5.58. The van der Waals surface area contributed by atoms with E-state index in [0.717, 1.165) is 12.1 Å². The summed E-state index contributed by atoms with van der Waals surface area (Å²) in [4.78, 5) is 4.03. The number of aliphatic hydroxyl groups excluding tert-OH is 1. The summed E-state index contributed by atoms with van der Waals surface area (Å²) < 4.78 is 14.3. The van der Waals surface area contributed by atoms with Crippen LogP contribution in [0.25, 0.3) is 0 Å². The largest absolute Gasteiger partial charge is 0.391 e. The van der Waals surface area contributed by atoms with Gasteiger partial charge in [0.15, 0.2) is 0 Å². The van der Waals surface area contributed by atoms with Crippen LogP contribution in [-0.2, 0) is 0 Å². The number of hydrogen-bond acceptors (Lipinski definition) is 4. The number of para-hydroxylation sites is 1. The summed E-state index contributed by atoms with van der Waals surface area (Å²) in [5, 5.41) is 9.95. The Morgan fingerprint density at radius 3 is 2.80 bits per heavy atom. The average molecular weight is 281 g/mol. The summed E-state index contributed by atoms with van der Waals surface area (Å²) in [5.41, 5.74) is 7.31. The predicted molar refractivity (Wildman–Crippen MR) is 79.3 cm³/mol. The van der Waals surface area contributed by atoms with Gasteiger partial charge in [-0.15, -0.1) is 0 Å². The standard InChI is InChI=1S/C15H24FN3O/c1-10(17)13-5-4-6-14(16)15(13)19-9-12(20)7-11(19)8-18(2)3/h4-6,10-12,20H,7-9,17H2,1-3H3. The number of hydrogen-bond donors (Lipinski definition) is 2. The molecule has 0 bridgehead atoms. The van der Waals surface area contributed by atoms with Crippen molar-refractivity contribution in [3.8, 4) is 0 Å². The molecular weight excluding hydrogens is 257 g/mol. The fourth-order valence-corrected chi connectivity index (χ4v) is 2.96. The molecule has 0 spiro atoms. The van der Waals surface area contributed by atoms with Crippen molar-refractivity contribution in [3.63, 3.8) is 0 Å². The van der Waals surface area contributed by atoms with E-state index in [1.165, 1.54) is 6.07 Å². The van der Waals surface area contributed by atoms with Crippen molar-refractivity contribution in [1.82, 2.24) is 4.90 Å². The molecule has 1 aliphatic rings. The third-order valence-electron chi connectivity index (χ3n) is 3.76. The average Bonchev–Trinajstić information content (AvgIpc) is 2.68. The van der Waals surface area contributed by atoms with Crippen molar-refractivity contribution in [2.75, 3.05) is 32.1 Å². The van der Waals surface area contributed by atoms with Crippen LogP contribution < -0.4 is 10.6 Å². The normalized spacial score (nSPS) is 24.4. The van der Waals surface area contributed by atoms with Crippen LogP contribution in [0.3, 0.4) is 0 Å². The highest BCUT2D eigenvalue weighted by Crippen LogP contribution is 2.34. The molecule has 5 heteroatoms. The molecule has 0 amide bonds. The van der Waals surface area contributed by atoms with Crippen LogP contribution in [-0.4, -0.2) is 49.3 Å². The van der Waals surface area contributed by atoms with Crippen molar-refractivity contribution < 1.29 is 9.50 Å². The van der Waals surface area contributed by atoms with Crippen LogP contribution in [0.5, 0.6) is 0 Å². The minimum Gasteiger partial charge on any atom is -0.391 e. The second-order valence-corrected chi connectivity index (χ2v) is 5.92. The quantitative estimate of drug-likeness (QED) is 0.874. The third kappa shape index (κ3) is 3.11. The Bertz CT molecular complexity index is 464. The van der Waals surface area contributed by atoms with Gasteiger partial charge in [-0.25, -0.2) is 4.39 Å².